The number of hydrogen-bond donors (Lipinski definition) is 2. The Morgan fingerprint density at radius 1 is 1.05 bits per heavy atom. The Bertz CT molecular complexity index is 1360. The molecule has 0 bridgehead atoms. The molecule has 9 nitrogen and oxygen atoms in total. The number of benzene rings is 1. The van der Waals surface area contributed by atoms with Crippen LogP contribution in [0, 0.1) is 5.92 Å². The maximum Gasteiger partial charge on any atom is 0.280 e. The molecule has 1 fully saturated rings. The fraction of sp³-hybridized carbons (Fsp3) is 0.423. The van der Waals surface area contributed by atoms with Crippen LogP contribution in [0.5, 0.6) is 0 Å². The molecule has 1 aromatic carbocycles. The third-order valence-corrected chi connectivity index (χ3v) is 8.31. The number of halogens is 2. The van der Waals surface area contributed by atoms with Crippen LogP contribution in [0.4, 0.5) is 0 Å². The van der Waals surface area contributed by atoms with Crippen molar-refractivity contribution in [3.63, 3.8) is 0 Å². The van der Waals surface area contributed by atoms with Crippen molar-refractivity contribution in [2.24, 2.45) is 5.92 Å². The van der Waals surface area contributed by atoms with Crippen molar-refractivity contribution in [2.45, 2.75) is 44.4 Å². The number of thiazole rings is 1. The first-order chi connectivity index (χ1) is 17.7. The number of nitrogens with one attached hydrogen (secondary N) is 2. The second kappa shape index (κ2) is 11.5. The van der Waals surface area contributed by atoms with Gasteiger partial charge in [-0.25, -0.2) is 4.98 Å². The Labute approximate surface area is 236 Å². The van der Waals surface area contributed by atoms with E-state index in [-0.39, 0.29) is 47.8 Å². The van der Waals surface area contributed by atoms with Crippen molar-refractivity contribution in [3.8, 4) is 0 Å². The fourth-order valence-corrected chi connectivity index (χ4v) is 6.32. The Kier molecular flexibility index (Phi) is 8.56. The third-order valence-electron chi connectivity index (χ3n) is 7.00. The number of amides is 3. The lowest BCUT2D eigenvalue weighted by Crippen LogP contribution is -2.56. The smallest absolute Gasteiger partial charge is 0.280 e. The molecule has 202 valence electrons. The van der Waals surface area contributed by atoms with Gasteiger partial charge in [0.1, 0.15) is 5.69 Å². The minimum atomic E-state index is -0.417. The molecule has 1 aliphatic carbocycles. The van der Waals surface area contributed by atoms with Crippen molar-refractivity contribution < 1.29 is 14.4 Å². The highest BCUT2D eigenvalue weighted by atomic mass is 35.5. The highest BCUT2D eigenvalue weighted by Crippen LogP contribution is 2.29. The molecule has 3 atom stereocenters. The van der Waals surface area contributed by atoms with E-state index in [0.29, 0.717) is 29.3 Å². The zero-order valence-electron chi connectivity index (χ0n) is 21.4. The van der Waals surface area contributed by atoms with Gasteiger partial charge in [-0.15, -0.1) is 23.7 Å². The molecule has 0 spiro atoms. The third kappa shape index (κ3) is 5.93. The quantitative estimate of drug-likeness (QED) is 0.481. The molecule has 0 saturated heterocycles. The summed E-state index contributed by atoms with van der Waals surface area (Å²) in [6.07, 6.45) is 3.24. The lowest BCUT2D eigenvalue weighted by atomic mass is 9.81. The monoisotopic (exact) mass is 576 g/mol. The second-order valence-corrected chi connectivity index (χ2v) is 11.5. The first kappa shape index (κ1) is 28.2. The molecule has 12 heteroatoms. The van der Waals surface area contributed by atoms with Crippen LogP contribution in [0.15, 0.2) is 30.5 Å². The number of nitrogens with zero attached hydrogens (tertiary/aromatic N) is 4. The normalized spacial score (nSPS) is 20.9. The van der Waals surface area contributed by atoms with Gasteiger partial charge < -0.3 is 15.5 Å². The maximum atomic E-state index is 13.2. The summed E-state index contributed by atoms with van der Waals surface area (Å²) in [4.78, 5) is 52.8. The minimum Gasteiger partial charge on any atom is -0.349 e. The molecule has 2 aromatic heterocycles. The summed E-state index contributed by atoms with van der Waals surface area (Å²) in [6, 6.07) is 6.38. The van der Waals surface area contributed by atoms with Crippen molar-refractivity contribution in [3.05, 3.63) is 56.8 Å². The van der Waals surface area contributed by atoms with Crippen LogP contribution < -0.4 is 10.6 Å². The molecule has 3 aromatic rings. The average Bonchev–Trinajstić information content (AvgIpc) is 3.41. The SMILES string of the molecule is CN1Cc2nc(C(=O)N[C@@H]3C[C@@H](C(=O)N(C)C)CC[C@@H]3NC(=O)c3cc4ccc(Cl)cc4cn3)sc2C1.Cl. The van der Waals surface area contributed by atoms with Gasteiger partial charge in [0.2, 0.25) is 5.91 Å². The van der Waals surface area contributed by atoms with Gasteiger partial charge in [-0.1, -0.05) is 17.7 Å². The molecule has 38 heavy (non-hydrogen) atoms. The number of hydrogen-bond acceptors (Lipinski definition) is 7. The van der Waals surface area contributed by atoms with E-state index >= 15 is 0 Å². The number of carbonyl (C=O) groups excluding carboxylic acids is 3. The Balaban J connectivity index is 0.00000336. The highest BCUT2D eigenvalue weighted by Gasteiger charge is 2.37. The summed E-state index contributed by atoms with van der Waals surface area (Å²) in [6.45, 7) is 1.51. The van der Waals surface area contributed by atoms with E-state index < -0.39 is 6.04 Å². The molecule has 2 aliphatic rings. The van der Waals surface area contributed by atoms with E-state index in [1.165, 1.54) is 11.3 Å². The summed E-state index contributed by atoms with van der Waals surface area (Å²) < 4.78 is 0. The minimum absolute atomic E-state index is 0. The largest absolute Gasteiger partial charge is 0.349 e. The summed E-state index contributed by atoms with van der Waals surface area (Å²) in [5, 5.41) is 8.86. The zero-order valence-corrected chi connectivity index (χ0v) is 23.8. The lowest BCUT2D eigenvalue weighted by molar-refractivity contribution is -0.134. The summed E-state index contributed by atoms with van der Waals surface area (Å²) in [7, 11) is 5.48. The van der Waals surface area contributed by atoms with Crippen LogP contribution in [-0.2, 0) is 17.9 Å². The van der Waals surface area contributed by atoms with Crippen LogP contribution in [0.1, 0.15) is 50.1 Å². The molecule has 0 unspecified atom stereocenters. The molecule has 0 radical (unpaired) electrons. The van der Waals surface area contributed by atoms with E-state index in [1.807, 2.05) is 13.1 Å². The van der Waals surface area contributed by atoms with Crippen molar-refractivity contribution in [1.29, 1.82) is 0 Å². The molecule has 1 aliphatic heterocycles. The Morgan fingerprint density at radius 3 is 2.55 bits per heavy atom. The van der Waals surface area contributed by atoms with E-state index in [9.17, 15) is 14.4 Å². The van der Waals surface area contributed by atoms with E-state index in [4.69, 9.17) is 11.6 Å². The van der Waals surface area contributed by atoms with Gasteiger partial charge >= 0.3 is 0 Å². The Morgan fingerprint density at radius 2 is 1.82 bits per heavy atom. The number of carbonyl (C=O) groups is 3. The predicted molar refractivity (Wildman–Crippen MR) is 150 cm³/mol. The van der Waals surface area contributed by atoms with Gasteiger partial charge in [-0.3, -0.25) is 24.3 Å². The lowest BCUT2D eigenvalue weighted by Gasteiger charge is -2.37. The van der Waals surface area contributed by atoms with Gasteiger partial charge in [-0.05, 0) is 49.9 Å². The zero-order chi connectivity index (χ0) is 26.3. The number of fused-ring (bicyclic) bond motifs is 2. The predicted octanol–water partition coefficient (Wildman–Crippen LogP) is 3.50. The molecular formula is C26H30Cl2N6O3S. The van der Waals surface area contributed by atoms with Crippen LogP contribution in [0.3, 0.4) is 0 Å². The second-order valence-electron chi connectivity index (χ2n) is 10.0. The topological polar surface area (TPSA) is 108 Å². The van der Waals surface area contributed by atoms with Crippen molar-refractivity contribution in [2.75, 3.05) is 21.1 Å². The summed E-state index contributed by atoms with van der Waals surface area (Å²) in [5.74, 6) is -0.804. The van der Waals surface area contributed by atoms with Crippen molar-refractivity contribution >= 4 is 63.8 Å². The van der Waals surface area contributed by atoms with Crippen LogP contribution in [0.25, 0.3) is 10.8 Å². The van der Waals surface area contributed by atoms with Crippen molar-refractivity contribution in [1.82, 2.24) is 30.4 Å². The first-order valence-electron chi connectivity index (χ1n) is 12.2. The fourth-order valence-electron chi connectivity index (χ4n) is 5.09. The van der Waals surface area contributed by atoms with Crippen LogP contribution in [0.2, 0.25) is 5.02 Å². The van der Waals surface area contributed by atoms with Crippen LogP contribution >= 0.6 is 35.3 Å². The van der Waals surface area contributed by atoms with Gasteiger partial charge in [-0.2, -0.15) is 0 Å². The van der Waals surface area contributed by atoms with E-state index in [0.717, 1.165) is 34.4 Å². The number of rotatable bonds is 5. The standard InChI is InChI=1S/C26H29ClN6O3S.ClH/c1-32(2)26(36)15-5-7-18(29-23(34)20-9-14-4-6-17(27)8-16(14)11-28-20)19(10-15)30-24(35)25-31-21-12-33(3)13-22(21)37-25;/h4,6,8-9,11,15,18-19H,5,7,10,12-13H2,1-3H3,(H,29,34)(H,30,35);1H/t15-,18-,19+;/m0./s1. The average molecular weight is 578 g/mol. The van der Waals surface area contributed by atoms with Gasteiger partial charge in [0, 0.05) is 60.6 Å². The molecule has 2 N–H and O–H groups in total. The molecule has 3 amide bonds. The molecule has 5 rings (SSSR count). The summed E-state index contributed by atoms with van der Waals surface area (Å²) in [5.41, 5.74) is 1.22. The number of aromatic nitrogens is 2. The first-order valence-corrected chi connectivity index (χ1v) is 13.4. The molecule has 3 heterocycles. The van der Waals surface area contributed by atoms with E-state index in [2.05, 4.69) is 25.5 Å². The number of pyridine rings is 1. The van der Waals surface area contributed by atoms with Crippen LogP contribution in [-0.4, -0.2) is 70.7 Å². The van der Waals surface area contributed by atoms with E-state index in [1.54, 1.807) is 43.4 Å². The maximum absolute atomic E-state index is 13.2. The Hall–Kier alpha value is -2.79. The molecule has 1 saturated carbocycles. The van der Waals surface area contributed by atoms with Gasteiger partial charge in [0.05, 0.1) is 11.7 Å². The highest BCUT2D eigenvalue weighted by molar-refractivity contribution is 7.13. The summed E-state index contributed by atoms with van der Waals surface area (Å²) >= 11 is 7.46. The van der Waals surface area contributed by atoms with Gasteiger partial charge in [0.15, 0.2) is 5.01 Å². The molecular weight excluding hydrogens is 547 g/mol. The van der Waals surface area contributed by atoms with Gasteiger partial charge in [0.25, 0.3) is 11.8 Å².